The summed E-state index contributed by atoms with van der Waals surface area (Å²) in [5.74, 6) is 0. The van der Waals surface area contributed by atoms with Crippen molar-refractivity contribution in [1.29, 1.82) is 0 Å². The van der Waals surface area contributed by atoms with Gasteiger partial charge >= 0.3 is 0 Å². The highest BCUT2D eigenvalue weighted by atomic mass is 32.1. The van der Waals surface area contributed by atoms with Crippen LogP contribution in [0.25, 0.3) is 5.57 Å². The van der Waals surface area contributed by atoms with Gasteiger partial charge in [0.15, 0.2) is 0 Å². The second-order valence-electron chi connectivity index (χ2n) is 1.67. The summed E-state index contributed by atoms with van der Waals surface area (Å²) in [4.78, 5) is 0. The van der Waals surface area contributed by atoms with Crippen LogP contribution in [0.5, 0.6) is 0 Å². The number of hydrogen-bond donors (Lipinski definition) is 0. The molecule has 0 aliphatic rings. The van der Waals surface area contributed by atoms with Gasteiger partial charge in [-0.05, 0) is 30.1 Å². The van der Waals surface area contributed by atoms with Crippen LogP contribution >= 0.6 is 11.5 Å². The first-order chi connectivity index (χ1) is 3.80. The van der Waals surface area contributed by atoms with Crippen molar-refractivity contribution in [3.63, 3.8) is 0 Å². The van der Waals surface area contributed by atoms with E-state index in [0.29, 0.717) is 0 Å². The molecule has 0 saturated heterocycles. The first kappa shape index (κ1) is 5.51. The number of aromatic nitrogens is 1. The lowest BCUT2D eigenvalue weighted by Gasteiger charge is -1.85. The fourth-order valence-electron chi connectivity index (χ4n) is 0.433. The third-order valence-corrected chi connectivity index (χ3v) is 1.43. The summed E-state index contributed by atoms with van der Waals surface area (Å²) in [5, 5.41) is 1.95. The van der Waals surface area contributed by atoms with Crippen molar-refractivity contribution in [1.82, 2.24) is 4.37 Å². The maximum atomic E-state index is 4.06. The third kappa shape index (κ3) is 0.954. The normalized spacial score (nSPS) is 9.12. The summed E-state index contributed by atoms with van der Waals surface area (Å²) in [6, 6.07) is 1.97. The summed E-state index contributed by atoms with van der Waals surface area (Å²) in [5.41, 5.74) is 2.04. The van der Waals surface area contributed by atoms with Gasteiger partial charge in [0.25, 0.3) is 0 Å². The molecule has 0 aliphatic heterocycles. The second kappa shape index (κ2) is 2.09. The minimum Gasteiger partial charge on any atom is -0.193 e. The van der Waals surface area contributed by atoms with Crippen molar-refractivity contribution in [2.45, 2.75) is 6.92 Å². The molecule has 8 heavy (non-hydrogen) atoms. The van der Waals surface area contributed by atoms with Crippen molar-refractivity contribution in [3.05, 3.63) is 23.7 Å². The smallest absolute Gasteiger partial charge is 0.0791 e. The molecule has 0 saturated carbocycles. The predicted molar refractivity (Wildman–Crippen MR) is 36.8 cm³/mol. The molecule has 0 unspecified atom stereocenters. The van der Waals surface area contributed by atoms with Gasteiger partial charge in [0.1, 0.15) is 0 Å². The molecule has 1 aromatic heterocycles. The zero-order valence-corrected chi connectivity index (χ0v) is 5.53. The average molecular weight is 125 g/mol. The number of nitrogens with zero attached hydrogens (tertiary/aromatic N) is 1. The van der Waals surface area contributed by atoms with Crippen molar-refractivity contribution in [2.24, 2.45) is 0 Å². The van der Waals surface area contributed by atoms with Crippen molar-refractivity contribution in [2.75, 3.05) is 0 Å². The van der Waals surface area contributed by atoms with Gasteiger partial charge in [-0.15, -0.1) is 0 Å². The summed E-state index contributed by atoms with van der Waals surface area (Å²) >= 11 is 1.46. The highest BCUT2D eigenvalue weighted by Crippen LogP contribution is 2.08. The molecule has 0 atom stereocenters. The molecule has 0 radical (unpaired) electrons. The lowest BCUT2D eigenvalue weighted by atomic mass is 10.3. The summed E-state index contributed by atoms with van der Waals surface area (Å²) in [7, 11) is 0. The molecule has 0 aliphatic carbocycles. The van der Waals surface area contributed by atoms with Crippen LogP contribution in [0.3, 0.4) is 0 Å². The van der Waals surface area contributed by atoms with Crippen molar-refractivity contribution in [3.8, 4) is 0 Å². The van der Waals surface area contributed by atoms with E-state index in [1.807, 2.05) is 18.4 Å². The second-order valence-corrected chi connectivity index (χ2v) is 2.33. The fraction of sp³-hybridized carbons (Fsp3) is 0.167. The Bertz CT molecular complexity index is 176. The molecular formula is C6H7NS. The molecule has 0 amide bonds. The van der Waals surface area contributed by atoms with E-state index in [4.69, 9.17) is 0 Å². The maximum Gasteiger partial charge on any atom is 0.0791 e. The predicted octanol–water partition coefficient (Wildman–Crippen LogP) is 2.18. The SMILES string of the molecule is C=C(C)c1ccsn1. The molecule has 0 N–H and O–H groups in total. The molecule has 2 heteroatoms. The third-order valence-electron chi connectivity index (χ3n) is 0.875. The Labute approximate surface area is 52.8 Å². The largest absolute Gasteiger partial charge is 0.193 e. The van der Waals surface area contributed by atoms with E-state index in [1.165, 1.54) is 11.5 Å². The zero-order chi connectivity index (χ0) is 5.98. The van der Waals surface area contributed by atoms with E-state index >= 15 is 0 Å². The first-order valence-electron chi connectivity index (χ1n) is 2.37. The molecular weight excluding hydrogens is 118 g/mol. The van der Waals surface area contributed by atoms with Crippen molar-refractivity contribution >= 4 is 17.1 Å². The highest BCUT2D eigenvalue weighted by Gasteiger charge is 1.90. The average Bonchev–Trinajstić information content (AvgIpc) is 2.12. The van der Waals surface area contributed by atoms with E-state index in [2.05, 4.69) is 11.0 Å². The van der Waals surface area contributed by atoms with Gasteiger partial charge < -0.3 is 0 Å². The Hall–Kier alpha value is -0.630. The zero-order valence-electron chi connectivity index (χ0n) is 4.72. The molecule has 0 bridgehead atoms. The minimum atomic E-state index is 1.01. The van der Waals surface area contributed by atoms with E-state index in [-0.39, 0.29) is 0 Å². The molecule has 1 rings (SSSR count). The van der Waals surface area contributed by atoms with E-state index in [9.17, 15) is 0 Å². The maximum absolute atomic E-state index is 4.06. The van der Waals surface area contributed by atoms with Crippen LogP contribution in [0, 0.1) is 0 Å². The Morgan fingerprint density at radius 2 is 2.62 bits per heavy atom. The van der Waals surface area contributed by atoms with Crippen LogP contribution in [-0.2, 0) is 0 Å². The summed E-state index contributed by atoms with van der Waals surface area (Å²) in [6.45, 7) is 5.70. The Morgan fingerprint density at radius 1 is 1.88 bits per heavy atom. The van der Waals surface area contributed by atoms with Crippen LogP contribution in [0.4, 0.5) is 0 Å². The molecule has 0 aromatic carbocycles. The molecule has 0 fully saturated rings. The number of hydrogen-bond acceptors (Lipinski definition) is 2. The van der Waals surface area contributed by atoms with Crippen LogP contribution in [0.1, 0.15) is 12.6 Å². The van der Waals surface area contributed by atoms with Gasteiger partial charge in [0.2, 0.25) is 0 Å². The Kier molecular flexibility index (Phi) is 1.44. The van der Waals surface area contributed by atoms with Crippen molar-refractivity contribution < 1.29 is 0 Å². The quantitative estimate of drug-likeness (QED) is 0.560. The van der Waals surface area contributed by atoms with Gasteiger partial charge in [-0.25, -0.2) is 0 Å². The summed E-state index contributed by atoms with van der Waals surface area (Å²) < 4.78 is 4.06. The van der Waals surface area contributed by atoms with Gasteiger partial charge in [-0.1, -0.05) is 6.58 Å². The van der Waals surface area contributed by atoms with Crippen LogP contribution in [-0.4, -0.2) is 4.37 Å². The molecule has 1 nitrogen and oxygen atoms in total. The number of allylic oxidation sites excluding steroid dienone is 1. The monoisotopic (exact) mass is 125 g/mol. The van der Waals surface area contributed by atoms with Gasteiger partial charge in [-0.3, -0.25) is 0 Å². The van der Waals surface area contributed by atoms with Crippen LogP contribution in [0.2, 0.25) is 0 Å². The van der Waals surface area contributed by atoms with Crippen LogP contribution in [0.15, 0.2) is 18.0 Å². The number of rotatable bonds is 1. The Balaban J connectivity index is 2.93. The van der Waals surface area contributed by atoms with E-state index < -0.39 is 0 Å². The van der Waals surface area contributed by atoms with Gasteiger partial charge in [0.05, 0.1) is 5.69 Å². The lowest BCUT2D eigenvalue weighted by molar-refractivity contribution is 1.45. The Morgan fingerprint density at radius 3 is 2.88 bits per heavy atom. The van der Waals surface area contributed by atoms with E-state index in [0.717, 1.165) is 11.3 Å². The topological polar surface area (TPSA) is 12.9 Å². The highest BCUT2D eigenvalue weighted by molar-refractivity contribution is 7.03. The lowest BCUT2D eigenvalue weighted by Crippen LogP contribution is -1.71. The molecule has 1 heterocycles. The fourth-order valence-corrected chi connectivity index (χ4v) is 1.01. The minimum absolute atomic E-state index is 1.01. The van der Waals surface area contributed by atoms with Gasteiger partial charge in [0, 0.05) is 5.38 Å². The standard InChI is InChI=1S/C6H7NS/c1-5(2)6-3-4-8-7-6/h3-4H,1H2,2H3. The van der Waals surface area contributed by atoms with Crippen LogP contribution < -0.4 is 0 Å². The molecule has 42 valence electrons. The van der Waals surface area contributed by atoms with E-state index in [1.54, 1.807) is 0 Å². The first-order valence-corrected chi connectivity index (χ1v) is 3.20. The van der Waals surface area contributed by atoms with Gasteiger partial charge in [-0.2, -0.15) is 4.37 Å². The molecule has 0 spiro atoms. The molecule has 1 aromatic rings. The summed E-state index contributed by atoms with van der Waals surface area (Å²) in [6.07, 6.45) is 0.